The third-order valence-corrected chi connectivity index (χ3v) is 4.32. The van der Waals surface area contributed by atoms with Gasteiger partial charge < -0.3 is 19.9 Å². The summed E-state index contributed by atoms with van der Waals surface area (Å²) < 4.78 is 5.35. The Kier molecular flexibility index (Phi) is 3.58. The average molecular weight is 339 g/mol. The lowest BCUT2D eigenvalue weighted by Gasteiger charge is -2.32. The van der Waals surface area contributed by atoms with Crippen LogP contribution in [0, 0.1) is 0 Å². The number of cyclic esters (lactones) is 1. The van der Waals surface area contributed by atoms with E-state index in [-0.39, 0.29) is 25.0 Å². The lowest BCUT2D eigenvalue weighted by Crippen LogP contribution is -2.38. The van der Waals surface area contributed by atoms with Crippen LogP contribution in [0.25, 0.3) is 22.4 Å². The standard InChI is InChI=1S/C18H17N3O4/c1-10-13-8-14-15(9-16(13)21(6-7-22)18(24)25-10)20-17(19-14)11-2-4-12(23)5-3-11/h2-5,8-10,22-23H,6-7H2,1H3,(H,19,20). The van der Waals surface area contributed by atoms with Crippen molar-refractivity contribution in [2.45, 2.75) is 13.0 Å². The van der Waals surface area contributed by atoms with E-state index in [2.05, 4.69) is 9.97 Å². The number of anilines is 1. The number of imidazole rings is 1. The minimum absolute atomic E-state index is 0.152. The molecule has 0 saturated carbocycles. The smallest absolute Gasteiger partial charge is 0.414 e. The summed E-state index contributed by atoms with van der Waals surface area (Å²) in [5.74, 6) is 0.866. The summed E-state index contributed by atoms with van der Waals surface area (Å²) in [5, 5.41) is 18.6. The summed E-state index contributed by atoms with van der Waals surface area (Å²) in [6.07, 6.45) is -0.843. The number of fused-ring (bicyclic) bond motifs is 2. The van der Waals surface area contributed by atoms with Crippen LogP contribution in [-0.2, 0) is 4.74 Å². The van der Waals surface area contributed by atoms with Crippen molar-refractivity contribution in [1.82, 2.24) is 9.97 Å². The minimum Gasteiger partial charge on any atom is -0.508 e. The summed E-state index contributed by atoms with van der Waals surface area (Å²) >= 11 is 0. The molecule has 1 aliphatic rings. The van der Waals surface area contributed by atoms with Gasteiger partial charge in [-0.25, -0.2) is 9.78 Å². The number of nitrogens with zero attached hydrogens (tertiary/aromatic N) is 2. The number of benzene rings is 2. The van der Waals surface area contributed by atoms with Gasteiger partial charge in [0.25, 0.3) is 0 Å². The zero-order chi connectivity index (χ0) is 17.6. The number of β-amino-alcohol motifs (C(OH)–C–C–N with tert-alkyl or cyclic N) is 1. The number of carbonyl (C=O) groups excluding carboxylic acids is 1. The summed E-state index contributed by atoms with van der Waals surface area (Å²) in [5.41, 5.74) is 3.96. The molecule has 1 aliphatic heterocycles. The number of amides is 1. The molecule has 2 aromatic carbocycles. The Morgan fingerprint density at radius 1 is 1.28 bits per heavy atom. The van der Waals surface area contributed by atoms with E-state index in [0.29, 0.717) is 17.0 Å². The van der Waals surface area contributed by atoms with E-state index in [4.69, 9.17) is 4.74 Å². The molecule has 1 amide bonds. The molecule has 0 saturated heterocycles. The number of phenolic OH excluding ortho intramolecular Hbond substituents is 1. The van der Waals surface area contributed by atoms with Crippen molar-refractivity contribution in [3.8, 4) is 17.1 Å². The monoisotopic (exact) mass is 339 g/mol. The molecule has 0 radical (unpaired) electrons. The molecule has 3 aromatic rings. The molecule has 128 valence electrons. The summed E-state index contributed by atoms with van der Waals surface area (Å²) in [7, 11) is 0. The molecule has 3 N–H and O–H groups in total. The fourth-order valence-corrected chi connectivity index (χ4v) is 3.07. The summed E-state index contributed by atoms with van der Waals surface area (Å²) in [6, 6.07) is 10.5. The Bertz CT molecular complexity index is 949. The van der Waals surface area contributed by atoms with Gasteiger partial charge in [0.1, 0.15) is 17.7 Å². The Morgan fingerprint density at radius 2 is 2.04 bits per heavy atom. The van der Waals surface area contributed by atoms with Crippen molar-refractivity contribution in [3.05, 3.63) is 42.0 Å². The second kappa shape index (κ2) is 5.78. The number of hydrogen-bond donors (Lipinski definition) is 3. The van der Waals surface area contributed by atoms with Crippen LogP contribution in [0.1, 0.15) is 18.6 Å². The maximum atomic E-state index is 12.1. The highest BCUT2D eigenvalue weighted by Gasteiger charge is 2.31. The number of carbonyl (C=O) groups is 1. The van der Waals surface area contributed by atoms with Crippen LogP contribution in [-0.4, -0.2) is 39.4 Å². The molecule has 4 rings (SSSR count). The highest BCUT2D eigenvalue weighted by Crippen LogP contribution is 2.37. The molecular weight excluding hydrogens is 322 g/mol. The highest BCUT2D eigenvalue weighted by molar-refractivity contribution is 5.95. The number of phenols is 1. The van der Waals surface area contributed by atoms with E-state index in [1.165, 1.54) is 4.90 Å². The predicted molar refractivity (Wildman–Crippen MR) is 92.5 cm³/mol. The van der Waals surface area contributed by atoms with Crippen LogP contribution in [0.5, 0.6) is 5.75 Å². The third kappa shape index (κ3) is 2.58. The SMILES string of the molecule is CC1OC(=O)N(CCO)c2cc3nc(-c4ccc(O)cc4)[nH]c3cc21. The molecular formula is C18H17N3O4. The van der Waals surface area contributed by atoms with E-state index >= 15 is 0 Å². The zero-order valence-corrected chi connectivity index (χ0v) is 13.6. The van der Waals surface area contributed by atoms with Crippen molar-refractivity contribution >= 4 is 22.8 Å². The second-order valence-electron chi connectivity index (χ2n) is 5.96. The molecule has 2 heterocycles. The first-order chi connectivity index (χ1) is 12.1. The Morgan fingerprint density at radius 3 is 2.76 bits per heavy atom. The fourth-order valence-electron chi connectivity index (χ4n) is 3.07. The van der Waals surface area contributed by atoms with Gasteiger partial charge in [-0.3, -0.25) is 4.90 Å². The van der Waals surface area contributed by atoms with Gasteiger partial charge in [-0.1, -0.05) is 0 Å². The van der Waals surface area contributed by atoms with Gasteiger partial charge in [-0.05, 0) is 43.3 Å². The molecule has 7 nitrogen and oxygen atoms in total. The van der Waals surface area contributed by atoms with Gasteiger partial charge in [0.05, 0.1) is 29.9 Å². The number of H-pyrrole nitrogens is 1. The normalized spacial score (nSPS) is 16.8. The van der Waals surface area contributed by atoms with Gasteiger partial charge >= 0.3 is 6.09 Å². The van der Waals surface area contributed by atoms with Crippen LogP contribution in [0.15, 0.2) is 36.4 Å². The number of aromatic amines is 1. The van der Waals surface area contributed by atoms with E-state index in [9.17, 15) is 15.0 Å². The van der Waals surface area contributed by atoms with Crippen LogP contribution < -0.4 is 4.90 Å². The zero-order valence-electron chi connectivity index (χ0n) is 13.6. The van der Waals surface area contributed by atoms with E-state index < -0.39 is 6.09 Å². The fraction of sp³-hybridized carbons (Fsp3) is 0.222. The number of aromatic nitrogens is 2. The molecule has 0 aliphatic carbocycles. The van der Waals surface area contributed by atoms with E-state index in [0.717, 1.165) is 16.6 Å². The molecule has 1 aromatic heterocycles. The first kappa shape index (κ1) is 15.5. The first-order valence-corrected chi connectivity index (χ1v) is 7.99. The van der Waals surface area contributed by atoms with Crippen LogP contribution in [0.2, 0.25) is 0 Å². The lowest BCUT2D eigenvalue weighted by molar-refractivity contribution is 0.106. The summed E-state index contributed by atoms with van der Waals surface area (Å²) in [4.78, 5) is 21.4. The molecule has 0 spiro atoms. The molecule has 25 heavy (non-hydrogen) atoms. The maximum Gasteiger partial charge on any atom is 0.414 e. The minimum atomic E-state index is -0.470. The van der Waals surface area contributed by atoms with Crippen molar-refractivity contribution in [2.24, 2.45) is 0 Å². The van der Waals surface area contributed by atoms with Gasteiger partial charge in [-0.15, -0.1) is 0 Å². The third-order valence-electron chi connectivity index (χ3n) is 4.32. The summed E-state index contributed by atoms with van der Waals surface area (Å²) in [6.45, 7) is 1.83. The molecule has 7 heteroatoms. The average Bonchev–Trinajstić information content (AvgIpc) is 3.01. The van der Waals surface area contributed by atoms with Crippen LogP contribution >= 0.6 is 0 Å². The molecule has 1 atom stereocenters. The topological polar surface area (TPSA) is 98.7 Å². The molecule has 0 fully saturated rings. The number of hydrogen-bond acceptors (Lipinski definition) is 5. The number of aliphatic hydroxyl groups is 1. The van der Waals surface area contributed by atoms with Crippen LogP contribution in [0.3, 0.4) is 0 Å². The maximum absolute atomic E-state index is 12.1. The van der Waals surface area contributed by atoms with Gasteiger partial charge in [0.15, 0.2) is 0 Å². The number of aromatic hydroxyl groups is 1. The predicted octanol–water partition coefficient (Wildman–Crippen LogP) is 2.95. The first-order valence-electron chi connectivity index (χ1n) is 7.99. The van der Waals surface area contributed by atoms with E-state index in [1.807, 2.05) is 19.1 Å². The number of aliphatic hydroxyl groups excluding tert-OH is 1. The van der Waals surface area contributed by atoms with Crippen molar-refractivity contribution < 1.29 is 19.7 Å². The highest BCUT2D eigenvalue weighted by atomic mass is 16.6. The molecule has 0 bridgehead atoms. The number of nitrogens with one attached hydrogen (secondary N) is 1. The van der Waals surface area contributed by atoms with Crippen molar-refractivity contribution in [1.29, 1.82) is 0 Å². The second-order valence-corrected chi connectivity index (χ2v) is 5.96. The largest absolute Gasteiger partial charge is 0.508 e. The van der Waals surface area contributed by atoms with Gasteiger partial charge in [0.2, 0.25) is 0 Å². The van der Waals surface area contributed by atoms with Crippen molar-refractivity contribution in [2.75, 3.05) is 18.1 Å². The van der Waals surface area contributed by atoms with Gasteiger partial charge in [-0.2, -0.15) is 0 Å². The quantitative estimate of drug-likeness (QED) is 0.681. The Balaban J connectivity index is 1.84. The Labute approximate surface area is 143 Å². The molecule has 1 unspecified atom stereocenters. The number of ether oxygens (including phenoxy) is 1. The number of rotatable bonds is 3. The van der Waals surface area contributed by atoms with Crippen LogP contribution in [0.4, 0.5) is 10.5 Å². The Hall–Kier alpha value is -3.06. The van der Waals surface area contributed by atoms with E-state index in [1.54, 1.807) is 24.3 Å². The van der Waals surface area contributed by atoms with Crippen molar-refractivity contribution in [3.63, 3.8) is 0 Å². The lowest BCUT2D eigenvalue weighted by atomic mass is 10.0. The van der Waals surface area contributed by atoms with Gasteiger partial charge in [0, 0.05) is 11.1 Å².